The molecule has 21 heavy (non-hydrogen) atoms. The number of H-pyrrole nitrogens is 1. The highest BCUT2D eigenvalue weighted by Gasteiger charge is 2.12. The summed E-state index contributed by atoms with van der Waals surface area (Å²) in [5.41, 5.74) is 0.305. The van der Waals surface area contributed by atoms with Crippen LogP contribution in [-0.4, -0.2) is 16.0 Å². The van der Waals surface area contributed by atoms with Gasteiger partial charge in [0.25, 0.3) is 5.56 Å². The predicted octanol–water partition coefficient (Wildman–Crippen LogP) is 3.20. The summed E-state index contributed by atoms with van der Waals surface area (Å²) in [6.07, 6.45) is 3.30. The van der Waals surface area contributed by atoms with E-state index in [0.717, 1.165) is 0 Å². The third-order valence-electron chi connectivity index (χ3n) is 3.39. The second-order valence-electron chi connectivity index (χ2n) is 4.89. The highest BCUT2D eigenvalue weighted by atomic mass is 19.1. The molecule has 0 saturated heterocycles. The molecule has 0 amide bonds. The normalized spacial score (nSPS) is 12.5. The van der Waals surface area contributed by atoms with Crippen molar-refractivity contribution < 1.29 is 4.39 Å². The van der Waals surface area contributed by atoms with Crippen molar-refractivity contribution in [1.29, 1.82) is 0 Å². The van der Waals surface area contributed by atoms with Gasteiger partial charge in [0.2, 0.25) is 0 Å². The predicted molar refractivity (Wildman–Crippen MR) is 83.1 cm³/mol. The number of hydrogen-bond donors (Lipinski definition) is 2. The lowest BCUT2D eigenvalue weighted by Gasteiger charge is -2.14. The Morgan fingerprint density at radius 3 is 2.95 bits per heavy atom. The van der Waals surface area contributed by atoms with Crippen molar-refractivity contribution in [3.05, 3.63) is 59.3 Å². The number of anilines is 1. The molecule has 3 rings (SSSR count). The highest BCUT2D eigenvalue weighted by Crippen LogP contribution is 2.27. The van der Waals surface area contributed by atoms with Gasteiger partial charge in [-0.15, -0.1) is 6.58 Å². The number of nitrogens with zero attached hydrogens (tertiary/aromatic N) is 1. The van der Waals surface area contributed by atoms with Gasteiger partial charge in [0, 0.05) is 23.0 Å². The van der Waals surface area contributed by atoms with Crippen LogP contribution in [0, 0.1) is 5.82 Å². The maximum absolute atomic E-state index is 13.5. The summed E-state index contributed by atoms with van der Waals surface area (Å²) in [5, 5.41) is 4.79. The summed E-state index contributed by atoms with van der Waals surface area (Å²) in [6, 6.07) is 5.99. The number of aromatic nitrogens is 2. The Labute approximate surface area is 120 Å². The van der Waals surface area contributed by atoms with E-state index in [9.17, 15) is 9.18 Å². The summed E-state index contributed by atoms with van der Waals surface area (Å²) >= 11 is 0. The van der Waals surface area contributed by atoms with Crippen molar-refractivity contribution in [2.45, 2.75) is 13.0 Å². The van der Waals surface area contributed by atoms with E-state index in [-0.39, 0.29) is 11.6 Å². The average molecular weight is 283 g/mol. The summed E-state index contributed by atoms with van der Waals surface area (Å²) in [5.74, 6) is 0.191. The largest absolute Gasteiger partial charge is 0.364 e. The summed E-state index contributed by atoms with van der Waals surface area (Å²) in [7, 11) is 0. The van der Waals surface area contributed by atoms with Crippen LogP contribution in [0.1, 0.15) is 6.92 Å². The first kappa shape index (κ1) is 13.3. The lowest BCUT2D eigenvalue weighted by atomic mass is 10.1. The van der Waals surface area contributed by atoms with Gasteiger partial charge >= 0.3 is 0 Å². The van der Waals surface area contributed by atoms with E-state index in [2.05, 4.69) is 21.9 Å². The molecular weight excluding hydrogens is 269 g/mol. The first-order valence-electron chi connectivity index (χ1n) is 6.60. The van der Waals surface area contributed by atoms with Crippen LogP contribution >= 0.6 is 0 Å². The molecular formula is C16H14FN3O. The minimum absolute atomic E-state index is 0.00196. The zero-order valence-corrected chi connectivity index (χ0v) is 11.5. The van der Waals surface area contributed by atoms with E-state index in [1.807, 2.05) is 6.92 Å². The van der Waals surface area contributed by atoms with Gasteiger partial charge in [-0.3, -0.25) is 4.79 Å². The molecule has 1 unspecified atom stereocenters. The Bertz CT molecular complexity index is 901. The number of fused-ring (bicyclic) bond motifs is 3. The standard InChI is InChI=1S/C16H14FN3O/c1-3-9(2)19-15-11-6-7-18-16(21)14(11)12-8-10(17)4-5-13(12)20-15/h3-9H,1H2,2H3,(H,18,21)(H,19,20). The molecule has 0 radical (unpaired) electrons. The van der Waals surface area contributed by atoms with Crippen molar-refractivity contribution in [1.82, 2.24) is 9.97 Å². The Morgan fingerprint density at radius 1 is 1.38 bits per heavy atom. The zero-order chi connectivity index (χ0) is 15.0. The van der Waals surface area contributed by atoms with Crippen LogP contribution in [0.25, 0.3) is 21.7 Å². The van der Waals surface area contributed by atoms with Gasteiger partial charge in [-0.05, 0) is 31.2 Å². The highest BCUT2D eigenvalue weighted by molar-refractivity contribution is 6.09. The van der Waals surface area contributed by atoms with E-state index in [0.29, 0.717) is 27.5 Å². The van der Waals surface area contributed by atoms with Crippen LogP contribution in [-0.2, 0) is 0 Å². The Balaban J connectivity index is 2.43. The second-order valence-corrected chi connectivity index (χ2v) is 4.89. The Morgan fingerprint density at radius 2 is 2.19 bits per heavy atom. The van der Waals surface area contributed by atoms with Crippen LogP contribution in [0.2, 0.25) is 0 Å². The summed E-state index contributed by atoms with van der Waals surface area (Å²) in [4.78, 5) is 19.3. The van der Waals surface area contributed by atoms with E-state index in [4.69, 9.17) is 0 Å². The number of benzene rings is 1. The number of aromatic amines is 1. The number of halogens is 1. The molecule has 3 aromatic rings. The third kappa shape index (κ3) is 2.27. The summed E-state index contributed by atoms with van der Waals surface area (Å²) < 4.78 is 13.5. The fourth-order valence-corrected chi connectivity index (χ4v) is 2.31. The quantitative estimate of drug-likeness (QED) is 0.573. The Hall–Kier alpha value is -2.69. The molecule has 0 bridgehead atoms. The first-order valence-corrected chi connectivity index (χ1v) is 6.60. The van der Waals surface area contributed by atoms with E-state index in [1.54, 1.807) is 24.4 Å². The van der Waals surface area contributed by atoms with Crippen molar-refractivity contribution in [2.24, 2.45) is 0 Å². The molecule has 0 saturated carbocycles. The molecule has 4 nitrogen and oxygen atoms in total. The van der Waals surface area contributed by atoms with Crippen LogP contribution < -0.4 is 10.9 Å². The van der Waals surface area contributed by atoms with Gasteiger partial charge in [0.1, 0.15) is 11.6 Å². The minimum Gasteiger partial charge on any atom is -0.364 e. The minimum atomic E-state index is -0.394. The third-order valence-corrected chi connectivity index (χ3v) is 3.39. The second kappa shape index (κ2) is 5.01. The molecule has 0 fully saturated rings. The fraction of sp³-hybridized carbons (Fsp3) is 0.125. The van der Waals surface area contributed by atoms with Crippen molar-refractivity contribution >= 4 is 27.5 Å². The van der Waals surface area contributed by atoms with Crippen LogP contribution in [0.4, 0.5) is 10.2 Å². The molecule has 2 heterocycles. The van der Waals surface area contributed by atoms with Gasteiger partial charge in [-0.1, -0.05) is 6.08 Å². The van der Waals surface area contributed by atoms with Crippen molar-refractivity contribution in [3.8, 4) is 0 Å². The molecule has 0 aliphatic heterocycles. The van der Waals surface area contributed by atoms with Crippen LogP contribution in [0.15, 0.2) is 47.9 Å². The van der Waals surface area contributed by atoms with Crippen LogP contribution in [0.5, 0.6) is 0 Å². The number of hydrogen-bond acceptors (Lipinski definition) is 3. The maximum atomic E-state index is 13.5. The molecule has 106 valence electrons. The monoisotopic (exact) mass is 283 g/mol. The summed E-state index contributed by atoms with van der Waals surface area (Å²) in [6.45, 7) is 5.65. The molecule has 1 atom stereocenters. The molecule has 2 N–H and O–H groups in total. The van der Waals surface area contributed by atoms with E-state index < -0.39 is 5.82 Å². The van der Waals surface area contributed by atoms with E-state index in [1.165, 1.54) is 12.1 Å². The van der Waals surface area contributed by atoms with Gasteiger partial charge in [0.15, 0.2) is 0 Å². The first-order chi connectivity index (χ1) is 10.1. The van der Waals surface area contributed by atoms with Gasteiger partial charge in [0.05, 0.1) is 10.9 Å². The van der Waals surface area contributed by atoms with E-state index >= 15 is 0 Å². The topological polar surface area (TPSA) is 57.8 Å². The van der Waals surface area contributed by atoms with Crippen molar-refractivity contribution in [2.75, 3.05) is 5.32 Å². The number of nitrogens with one attached hydrogen (secondary N) is 2. The van der Waals surface area contributed by atoms with Crippen LogP contribution in [0.3, 0.4) is 0 Å². The Kier molecular flexibility index (Phi) is 3.17. The average Bonchev–Trinajstić information content (AvgIpc) is 2.48. The lowest BCUT2D eigenvalue weighted by Crippen LogP contribution is -2.14. The molecule has 5 heteroatoms. The van der Waals surface area contributed by atoms with Gasteiger partial charge in [-0.25, -0.2) is 9.37 Å². The number of rotatable bonds is 3. The van der Waals surface area contributed by atoms with Crippen molar-refractivity contribution in [3.63, 3.8) is 0 Å². The number of pyridine rings is 2. The zero-order valence-electron chi connectivity index (χ0n) is 11.5. The lowest BCUT2D eigenvalue weighted by molar-refractivity contribution is 0.629. The maximum Gasteiger partial charge on any atom is 0.256 e. The van der Waals surface area contributed by atoms with Gasteiger partial charge in [-0.2, -0.15) is 0 Å². The van der Waals surface area contributed by atoms with Gasteiger partial charge < -0.3 is 10.3 Å². The smallest absolute Gasteiger partial charge is 0.256 e. The fourth-order valence-electron chi connectivity index (χ4n) is 2.31. The molecule has 2 aromatic heterocycles. The molecule has 0 aliphatic carbocycles. The molecule has 0 aliphatic rings. The SMILES string of the molecule is C=CC(C)Nc1nc2ccc(F)cc2c2c(=O)[nH]ccc12. The molecule has 0 spiro atoms. The molecule has 1 aromatic carbocycles.